The zero-order valence-corrected chi connectivity index (χ0v) is 15.4. The fourth-order valence-electron chi connectivity index (χ4n) is 2.85. The molecule has 0 aromatic heterocycles. The van der Waals surface area contributed by atoms with Crippen molar-refractivity contribution in [1.29, 1.82) is 0 Å². The van der Waals surface area contributed by atoms with E-state index in [9.17, 15) is 13.2 Å². The number of allylic oxidation sites excluding steroid dienone is 1. The third kappa shape index (κ3) is 4.03. The first-order chi connectivity index (χ1) is 12.5. The smallest absolute Gasteiger partial charge is 0.243 e. The van der Waals surface area contributed by atoms with Gasteiger partial charge in [0.1, 0.15) is 5.75 Å². The largest absolute Gasteiger partial charge is 0.497 e. The molecule has 2 aromatic carbocycles. The molecule has 5 nitrogen and oxygen atoms in total. The van der Waals surface area contributed by atoms with Crippen LogP contribution < -0.4 is 4.74 Å². The van der Waals surface area contributed by atoms with E-state index < -0.39 is 10.0 Å². The van der Waals surface area contributed by atoms with Crippen LogP contribution in [0, 0.1) is 0 Å². The lowest BCUT2D eigenvalue weighted by Crippen LogP contribution is -2.27. The quantitative estimate of drug-likeness (QED) is 0.577. The van der Waals surface area contributed by atoms with Gasteiger partial charge in [0, 0.05) is 18.7 Å². The highest BCUT2D eigenvalue weighted by Gasteiger charge is 2.26. The number of ether oxygens (including phenoxy) is 1. The van der Waals surface area contributed by atoms with E-state index in [0.29, 0.717) is 18.7 Å². The lowest BCUT2D eigenvalue weighted by atomic mass is 10.1. The van der Waals surface area contributed by atoms with E-state index >= 15 is 0 Å². The molecule has 0 saturated carbocycles. The summed E-state index contributed by atoms with van der Waals surface area (Å²) in [5, 5.41) is 0. The number of ketones is 1. The summed E-state index contributed by atoms with van der Waals surface area (Å²) in [4.78, 5) is 12.5. The summed E-state index contributed by atoms with van der Waals surface area (Å²) in [6.45, 7) is 1.13. The second-order valence-electron chi connectivity index (χ2n) is 6.11. The van der Waals surface area contributed by atoms with Crippen molar-refractivity contribution in [2.45, 2.75) is 17.7 Å². The van der Waals surface area contributed by atoms with Gasteiger partial charge in [0.25, 0.3) is 0 Å². The molecular weight excluding hydrogens is 350 g/mol. The maximum absolute atomic E-state index is 12.5. The Bertz CT molecular complexity index is 894. The van der Waals surface area contributed by atoms with Crippen molar-refractivity contribution in [1.82, 2.24) is 4.31 Å². The Morgan fingerprint density at radius 3 is 2.19 bits per heavy atom. The molecule has 2 aromatic rings. The van der Waals surface area contributed by atoms with Gasteiger partial charge in [0.15, 0.2) is 5.78 Å². The van der Waals surface area contributed by atoms with Crippen molar-refractivity contribution < 1.29 is 17.9 Å². The Morgan fingerprint density at radius 1 is 1.00 bits per heavy atom. The van der Waals surface area contributed by atoms with Gasteiger partial charge in [-0.1, -0.05) is 18.2 Å². The molecule has 0 spiro atoms. The zero-order chi connectivity index (χ0) is 18.6. The van der Waals surface area contributed by atoms with Crippen molar-refractivity contribution in [3.05, 3.63) is 65.7 Å². The van der Waals surface area contributed by atoms with Gasteiger partial charge in [-0.3, -0.25) is 4.79 Å². The van der Waals surface area contributed by atoms with Gasteiger partial charge in [-0.15, -0.1) is 0 Å². The maximum atomic E-state index is 12.5. The summed E-state index contributed by atoms with van der Waals surface area (Å²) in [6.07, 6.45) is 4.99. The number of hydrogen-bond acceptors (Lipinski definition) is 4. The summed E-state index contributed by atoms with van der Waals surface area (Å²) in [6, 6.07) is 13.5. The average molecular weight is 371 g/mol. The number of carbonyl (C=O) groups excluding carboxylic acids is 1. The topological polar surface area (TPSA) is 63.7 Å². The Balaban J connectivity index is 1.71. The molecule has 1 fully saturated rings. The van der Waals surface area contributed by atoms with Crippen LogP contribution in [0.5, 0.6) is 5.75 Å². The molecule has 0 radical (unpaired) electrons. The predicted octanol–water partition coefficient (Wildman–Crippen LogP) is 3.38. The second-order valence-corrected chi connectivity index (χ2v) is 8.04. The molecule has 26 heavy (non-hydrogen) atoms. The average Bonchev–Trinajstić information content (AvgIpc) is 3.22. The number of benzene rings is 2. The number of methoxy groups -OCH3 is 1. The molecule has 6 heteroatoms. The van der Waals surface area contributed by atoms with Crippen molar-refractivity contribution in [2.75, 3.05) is 20.2 Å². The number of carbonyl (C=O) groups is 1. The Morgan fingerprint density at radius 2 is 1.62 bits per heavy atom. The molecule has 0 aliphatic carbocycles. The van der Waals surface area contributed by atoms with E-state index in [1.807, 2.05) is 24.3 Å². The van der Waals surface area contributed by atoms with E-state index in [4.69, 9.17) is 4.74 Å². The molecule has 3 rings (SSSR count). The molecule has 1 saturated heterocycles. The Hall–Kier alpha value is -2.44. The van der Waals surface area contributed by atoms with Crippen molar-refractivity contribution >= 4 is 21.9 Å². The summed E-state index contributed by atoms with van der Waals surface area (Å²) >= 11 is 0. The molecular formula is C20H21NO4S. The molecule has 1 aliphatic rings. The highest BCUT2D eigenvalue weighted by Crippen LogP contribution is 2.21. The molecule has 0 amide bonds. The molecule has 1 heterocycles. The van der Waals surface area contributed by atoms with Crippen LogP contribution in [-0.4, -0.2) is 38.7 Å². The third-order valence-electron chi connectivity index (χ3n) is 4.38. The Labute approximate surface area is 154 Å². The molecule has 0 N–H and O–H groups in total. The Kier molecular flexibility index (Phi) is 5.54. The van der Waals surface area contributed by atoms with Gasteiger partial charge in [-0.25, -0.2) is 8.42 Å². The highest BCUT2D eigenvalue weighted by atomic mass is 32.2. The fraction of sp³-hybridized carbons (Fsp3) is 0.250. The lowest BCUT2D eigenvalue weighted by Gasteiger charge is -2.15. The van der Waals surface area contributed by atoms with E-state index in [1.54, 1.807) is 25.3 Å². The minimum Gasteiger partial charge on any atom is -0.497 e. The number of hydrogen-bond donors (Lipinski definition) is 0. The summed E-state index contributed by atoms with van der Waals surface area (Å²) < 4.78 is 31.6. The monoisotopic (exact) mass is 371 g/mol. The van der Waals surface area contributed by atoms with Gasteiger partial charge in [-0.2, -0.15) is 4.31 Å². The fourth-order valence-corrected chi connectivity index (χ4v) is 4.37. The van der Waals surface area contributed by atoms with Gasteiger partial charge in [0.05, 0.1) is 12.0 Å². The first-order valence-electron chi connectivity index (χ1n) is 8.47. The molecule has 0 atom stereocenters. The summed E-state index contributed by atoms with van der Waals surface area (Å²) in [5.41, 5.74) is 1.34. The van der Waals surface area contributed by atoms with Gasteiger partial charge in [0.2, 0.25) is 10.0 Å². The van der Waals surface area contributed by atoms with Gasteiger partial charge < -0.3 is 4.74 Å². The molecule has 136 valence electrons. The third-order valence-corrected chi connectivity index (χ3v) is 6.30. The van der Waals surface area contributed by atoms with Crippen molar-refractivity contribution in [3.8, 4) is 5.75 Å². The molecule has 1 aliphatic heterocycles. The van der Waals surface area contributed by atoms with Crippen LogP contribution in [0.1, 0.15) is 28.8 Å². The van der Waals surface area contributed by atoms with Gasteiger partial charge in [-0.05, 0) is 60.9 Å². The second kappa shape index (κ2) is 7.85. The minimum absolute atomic E-state index is 0.175. The van der Waals surface area contributed by atoms with E-state index in [1.165, 1.54) is 22.5 Å². The molecule has 0 unspecified atom stereocenters. The zero-order valence-electron chi connectivity index (χ0n) is 14.6. The van der Waals surface area contributed by atoms with Crippen LogP contribution >= 0.6 is 0 Å². The highest BCUT2D eigenvalue weighted by molar-refractivity contribution is 7.89. The minimum atomic E-state index is -3.45. The first-order valence-corrected chi connectivity index (χ1v) is 9.91. The summed E-state index contributed by atoms with van der Waals surface area (Å²) in [7, 11) is -1.85. The van der Waals surface area contributed by atoms with Crippen molar-refractivity contribution in [3.63, 3.8) is 0 Å². The maximum Gasteiger partial charge on any atom is 0.243 e. The standard InChI is InChI=1S/C20H21NO4S/c1-25-18-9-4-16(5-10-18)6-13-20(22)17-7-11-19(12-8-17)26(23,24)21-14-2-3-15-21/h4-13H,2-3,14-15H2,1H3/b13-6+. The van der Waals surface area contributed by atoms with Crippen LogP contribution in [0.15, 0.2) is 59.5 Å². The number of sulfonamides is 1. The van der Waals surface area contributed by atoms with Crippen molar-refractivity contribution in [2.24, 2.45) is 0 Å². The van der Waals surface area contributed by atoms with Crippen LogP contribution in [-0.2, 0) is 10.0 Å². The summed E-state index contributed by atoms with van der Waals surface area (Å²) in [5.74, 6) is 0.578. The van der Waals surface area contributed by atoms with Crippen LogP contribution in [0.4, 0.5) is 0 Å². The number of nitrogens with zero attached hydrogens (tertiary/aromatic N) is 1. The van der Waals surface area contributed by atoms with E-state index in [0.717, 1.165) is 24.2 Å². The number of rotatable bonds is 6. The van der Waals surface area contributed by atoms with E-state index in [-0.39, 0.29) is 10.7 Å². The van der Waals surface area contributed by atoms with Crippen LogP contribution in [0.25, 0.3) is 6.08 Å². The van der Waals surface area contributed by atoms with E-state index in [2.05, 4.69) is 0 Å². The molecule has 0 bridgehead atoms. The van der Waals surface area contributed by atoms with Crippen LogP contribution in [0.2, 0.25) is 0 Å². The first kappa shape index (κ1) is 18.4. The predicted molar refractivity (Wildman–Crippen MR) is 101 cm³/mol. The SMILES string of the molecule is COc1ccc(/C=C/C(=O)c2ccc(S(=O)(=O)N3CCCC3)cc2)cc1. The lowest BCUT2D eigenvalue weighted by molar-refractivity contribution is 0.104. The normalized spacial score (nSPS) is 15.4. The van der Waals surface area contributed by atoms with Crippen LogP contribution in [0.3, 0.4) is 0 Å². The van der Waals surface area contributed by atoms with Gasteiger partial charge >= 0.3 is 0 Å².